The smallest absolute Gasteiger partial charge is 0.222 e. The van der Waals surface area contributed by atoms with Gasteiger partial charge in [-0.2, -0.15) is 4.98 Å². The van der Waals surface area contributed by atoms with Crippen LogP contribution in [0.3, 0.4) is 0 Å². The highest BCUT2D eigenvalue weighted by Crippen LogP contribution is 2.34. The SMILES string of the molecule is CC[C@H]1COCCN1c1nc(-c2cnc(N)nc2)nc2c1CCCO2. The second-order valence-electron chi connectivity index (χ2n) is 6.27. The Morgan fingerprint density at radius 2 is 2.08 bits per heavy atom. The molecular weight excluding hydrogens is 320 g/mol. The first kappa shape index (κ1) is 16.0. The molecule has 1 saturated heterocycles. The molecule has 4 rings (SSSR count). The molecule has 8 heteroatoms. The molecule has 0 bridgehead atoms. The molecule has 0 spiro atoms. The van der Waals surface area contributed by atoms with Gasteiger partial charge in [0.2, 0.25) is 11.8 Å². The van der Waals surface area contributed by atoms with E-state index in [-0.39, 0.29) is 5.95 Å². The molecule has 2 aromatic heterocycles. The van der Waals surface area contributed by atoms with E-state index in [0.29, 0.717) is 31.0 Å². The largest absolute Gasteiger partial charge is 0.477 e. The van der Waals surface area contributed by atoms with Gasteiger partial charge in [-0.1, -0.05) is 6.92 Å². The van der Waals surface area contributed by atoms with Crippen LogP contribution in [0.5, 0.6) is 5.88 Å². The number of nitrogens with zero attached hydrogens (tertiary/aromatic N) is 5. The van der Waals surface area contributed by atoms with Crippen molar-refractivity contribution in [2.24, 2.45) is 0 Å². The molecular formula is C17H22N6O2. The van der Waals surface area contributed by atoms with Crippen molar-refractivity contribution in [1.29, 1.82) is 0 Å². The maximum atomic E-state index is 5.84. The summed E-state index contributed by atoms with van der Waals surface area (Å²) < 4.78 is 11.5. The number of hydrogen-bond donors (Lipinski definition) is 1. The van der Waals surface area contributed by atoms with Crippen LogP contribution in [-0.2, 0) is 11.2 Å². The van der Waals surface area contributed by atoms with Gasteiger partial charge in [0.25, 0.3) is 0 Å². The maximum absolute atomic E-state index is 5.84. The van der Waals surface area contributed by atoms with Crippen molar-refractivity contribution in [3.8, 4) is 17.3 Å². The molecule has 0 amide bonds. The van der Waals surface area contributed by atoms with Crippen molar-refractivity contribution in [2.45, 2.75) is 32.2 Å². The van der Waals surface area contributed by atoms with Gasteiger partial charge in [-0.05, 0) is 19.3 Å². The lowest BCUT2D eigenvalue weighted by atomic mass is 10.1. The van der Waals surface area contributed by atoms with Crippen LogP contribution in [0.25, 0.3) is 11.4 Å². The summed E-state index contributed by atoms with van der Waals surface area (Å²) in [6, 6.07) is 0.310. The third kappa shape index (κ3) is 3.09. The Hall–Kier alpha value is -2.48. The van der Waals surface area contributed by atoms with Crippen LogP contribution in [0, 0.1) is 0 Å². The number of anilines is 2. The molecule has 0 aromatic carbocycles. The Labute approximate surface area is 146 Å². The van der Waals surface area contributed by atoms with E-state index in [4.69, 9.17) is 20.2 Å². The molecule has 2 aromatic rings. The lowest BCUT2D eigenvalue weighted by Crippen LogP contribution is -2.46. The van der Waals surface area contributed by atoms with Crippen molar-refractivity contribution in [2.75, 3.05) is 37.0 Å². The minimum atomic E-state index is 0.234. The average Bonchev–Trinajstić information content (AvgIpc) is 2.67. The van der Waals surface area contributed by atoms with Crippen molar-refractivity contribution in [1.82, 2.24) is 19.9 Å². The summed E-state index contributed by atoms with van der Waals surface area (Å²) in [5, 5.41) is 0. The fourth-order valence-electron chi connectivity index (χ4n) is 3.30. The van der Waals surface area contributed by atoms with Gasteiger partial charge >= 0.3 is 0 Å². The van der Waals surface area contributed by atoms with E-state index >= 15 is 0 Å². The number of nitrogens with two attached hydrogens (primary N) is 1. The first-order valence-electron chi connectivity index (χ1n) is 8.72. The standard InChI is InChI=1S/C17H22N6O2/c1-2-12-10-24-7-5-23(12)15-13-4-3-6-25-16(13)22-14(21-15)11-8-19-17(18)20-9-11/h8-9,12H,2-7,10H2,1H3,(H2,18,19,20)/t12-/m0/s1. The molecule has 0 aliphatic carbocycles. The third-order valence-electron chi connectivity index (χ3n) is 4.66. The van der Waals surface area contributed by atoms with Gasteiger partial charge in [-0.3, -0.25) is 0 Å². The highest BCUT2D eigenvalue weighted by Gasteiger charge is 2.29. The second kappa shape index (κ2) is 6.79. The van der Waals surface area contributed by atoms with Crippen LogP contribution in [-0.4, -0.2) is 52.3 Å². The summed E-state index contributed by atoms with van der Waals surface area (Å²) in [5.41, 5.74) is 7.41. The van der Waals surface area contributed by atoms with Crippen molar-refractivity contribution >= 4 is 11.8 Å². The van der Waals surface area contributed by atoms with E-state index in [2.05, 4.69) is 26.8 Å². The van der Waals surface area contributed by atoms with Crippen LogP contribution in [0.4, 0.5) is 11.8 Å². The quantitative estimate of drug-likeness (QED) is 0.895. The first-order valence-corrected chi connectivity index (χ1v) is 8.72. The minimum Gasteiger partial charge on any atom is -0.477 e. The molecule has 2 N–H and O–H groups in total. The summed E-state index contributed by atoms with van der Waals surface area (Å²) in [6.07, 6.45) is 6.20. The molecule has 0 unspecified atom stereocenters. The van der Waals surface area contributed by atoms with E-state index in [9.17, 15) is 0 Å². The van der Waals surface area contributed by atoms with E-state index in [0.717, 1.165) is 49.4 Å². The predicted octanol–water partition coefficient (Wildman–Crippen LogP) is 1.46. The van der Waals surface area contributed by atoms with Crippen LogP contribution < -0.4 is 15.4 Å². The number of morpholine rings is 1. The van der Waals surface area contributed by atoms with Gasteiger partial charge in [-0.25, -0.2) is 15.0 Å². The van der Waals surface area contributed by atoms with Gasteiger partial charge in [-0.15, -0.1) is 0 Å². The highest BCUT2D eigenvalue weighted by molar-refractivity contribution is 5.62. The van der Waals surface area contributed by atoms with Gasteiger partial charge in [0.1, 0.15) is 5.82 Å². The number of fused-ring (bicyclic) bond motifs is 1. The zero-order valence-electron chi connectivity index (χ0n) is 14.3. The average molecular weight is 342 g/mol. The van der Waals surface area contributed by atoms with Crippen molar-refractivity contribution < 1.29 is 9.47 Å². The number of rotatable bonds is 3. The van der Waals surface area contributed by atoms with Gasteiger partial charge in [0.15, 0.2) is 5.82 Å². The fourth-order valence-corrected chi connectivity index (χ4v) is 3.30. The molecule has 1 atom stereocenters. The molecule has 25 heavy (non-hydrogen) atoms. The summed E-state index contributed by atoms with van der Waals surface area (Å²) >= 11 is 0. The third-order valence-corrected chi connectivity index (χ3v) is 4.66. The normalized spacial score (nSPS) is 20.0. The zero-order chi connectivity index (χ0) is 17.2. The molecule has 2 aliphatic heterocycles. The Morgan fingerprint density at radius 1 is 1.24 bits per heavy atom. The minimum absolute atomic E-state index is 0.234. The summed E-state index contributed by atoms with van der Waals surface area (Å²) in [6.45, 7) is 5.10. The van der Waals surface area contributed by atoms with Gasteiger partial charge in [0, 0.05) is 18.9 Å². The number of nitrogen functional groups attached to an aromatic ring is 1. The topological polar surface area (TPSA) is 99.3 Å². The monoisotopic (exact) mass is 342 g/mol. The molecule has 1 fully saturated rings. The summed E-state index contributed by atoms with van der Waals surface area (Å²) in [5.74, 6) is 2.42. The van der Waals surface area contributed by atoms with Gasteiger partial charge < -0.3 is 20.1 Å². The number of ether oxygens (including phenoxy) is 2. The first-order chi connectivity index (χ1) is 12.3. The number of aromatic nitrogens is 4. The molecule has 2 aliphatic rings. The molecule has 0 radical (unpaired) electrons. The molecule has 8 nitrogen and oxygen atoms in total. The fraction of sp³-hybridized carbons (Fsp3) is 0.529. The van der Waals surface area contributed by atoms with E-state index in [1.807, 2.05) is 0 Å². The second-order valence-corrected chi connectivity index (χ2v) is 6.27. The van der Waals surface area contributed by atoms with Gasteiger partial charge in [0.05, 0.1) is 37.0 Å². The van der Waals surface area contributed by atoms with Crippen molar-refractivity contribution in [3.63, 3.8) is 0 Å². The Morgan fingerprint density at radius 3 is 2.88 bits per heavy atom. The lowest BCUT2D eigenvalue weighted by Gasteiger charge is -2.37. The summed E-state index contributed by atoms with van der Waals surface area (Å²) in [4.78, 5) is 19.9. The molecule has 0 saturated carbocycles. The van der Waals surface area contributed by atoms with E-state index in [1.165, 1.54) is 0 Å². The Balaban J connectivity index is 1.81. The predicted molar refractivity (Wildman–Crippen MR) is 93.5 cm³/mol. The lowest BCUT2D eigenvalue weighted by molar-refractivity contribution is 0.0923. The Kier molecular flexibility index (Phi) is 4.35. The van der Waals surface area contributed by atoms with Crippen LogP contribution in [0.15, 0.2) is 12.4 Å². The van der Waals surface area contributed by atoms with Crippen molar-refractivity contribution in [3.05, 3.63) is 18.0 Å². The number of hydrogen-bond acceptors (Lipinski definition) is 8. The highest BCUT2D eigenvalue weighted by atomic mass is 16.5. The zero-order valence-corrected chi connectivity index (χ0v) is 14.3. The van der Waals surface area contributed by atoms with E-state index < -0.39 is 0 Å². The van der Waals surface area contributed by atoms with Crippen LogP contribution in [0.2, 0.25) is 0 Å². The van der Waals surface area contributed by atoms with E-state index in [1.54, 1.807) is 12.4 Å². The molecule has 132 valence electrons. The van der Waals surface area contributed by atoms with Crippen LogP contribution in [0.1, 0.15) is 25.3 Å². The molecule has 4 heterocycles. The summed E-state index contributed by atoms with van der Waals surface area (Å²) in [7, 11) is 0. The van der Waals surface area contributed by atoms with Crippen LogP contribution >= 0.6 is 0 Å². The maximum Gasteiger partial charge on any atom is 0.222 e. The Bertz CT molecular complexity index is 752.